The second-order valence-corrected chi connectivity index (χ2v) is 9.50. The number of hydrogen-bond donors (Lipinski definition) is 0. The lowest BCUT2D eigenvalue weighted by atomic mass is 9.77. The second-order valence-electron chi connectivity index (χ2n) is 9.50. The van der Waals surface area contributed by atoms with Crippen LogP contribution < -0.4 is 0 Å². The Balaban J connectivity index is 2.56. The molecule has 0 spiro atoms. The third-order valence-electron chi connectivity index (χ3n) is 6.70. The Hall–Kier alpha value is -1.84. The number of aryl methyl sites for hydroxylation is 1. The summed E-state index contributed by atoms with van der Waals surface area (Å²) in [6.45, 7) is 6.41. The molecule has 0 aliphatic rings. The molecule has 0 saturated carbocycles. The molecule has 1 aromatic carbocycles. The Morgan fingerprint density at radius 3 is 1.53 bits per heavy atom. The van der Waals surface area contributed by atoms with Gasteiger partial charge in [-0.1, -0.05) is 114 Å². The molecule has 1 aromatic rings. The zero-order chi connectivity index (χ0) is 24.9. The number of ether oxygens (including phenoxy) is 2. The maximum absolute atomic E-state index is 13.0. The molecule has 0 unspecified atom stereocenters. The smallest absolute Gasteiger partial charge is 0.323 e. The second kappa shape index (κ2) is 19.5. The first-order chi connectivity index (χ1) is 16.6. The van der Waals surface area contributed by atoms with Crippen molar-refractivity contribution in [1.29, 1.82) is 0 Å². The molecule has 0 N–H and O–H groups in total. The van der Waals surface area contributed by atoms with Crippen molar-refractivity contribution in [1.82, 2.24) is 0 Å². The SMILES string of the molecule is CCCCCCCCCCCCC(CCCCCc1ccccc1)(C(=O)OCC)C(=O)OCC. The van der Waals surface area contributed by atoms with Crippen molar-refractivity contribution < 1.29 is 19.1 Å². The van der Waals surface area contributed by atoms with E-state index in [0.29, 0.717) is 12.8 Å². The summed E-state index contributed by atoms with van der Waals surface area (Å²) in [7, 11) is 0. The van der Waals surface area contributed by atoms with Gasteiger partial charge in [-0.3, -0.25) is 9.59 Å². The van der Waals surface area contributed by atoms with Crippen LogP contribution in [0.25, 0.3) is 0 Å². The summed E-state index contributed by atoms with van der Waals surface area (Å²) in [5, 5.41) is 0. The predicted molar refractivity (Wildman–Crippen MR) is 141 cm³/mol. The van der Waals surface area contributed by atoms with Crippen molar-refractivity contribution in [2.75, 3.05) is 13.2 Å². The molecule has 194 valence electrons. The van der Waals surface area contributed by atoms with Gasteiger partial charge in [0.1, 0.15) is 0 Å². The predicted octanol–water partition coefficient (Wildman–Crippen LogP) is 8.21. The quantitative estimate of drug-likeness (QED) is 0.102. The van der Waals surface area contributed by atoms with E-state index >= 15 is 0 Å². The van der Waals surface area contributed by atoms with Crippen LogP contribution in [0, 0.1) is 5.41 Å². The molecule has 4 heteroatoms. The van der Waals surface area contributed by atoms with E-state index in [9.17, 15) is 9.59 Å². The van der Waals surface area contributed by atoms with Gasteiger partial charge in [0.05, 0.1) is 13.2 Å². The third-order valence-corrected chi connectivity index (χ3v) is 6.70. The highest BCUT2D eigenvalue weighted by atomic mass is 16.6. The zero-order valence-electron chi connectivity index (χ0n) is 22.2. The van der Waals surface area contributed by atoms with Crippen molar-refractivity contribution in [2.45, 2.75) is 124 Å². The topological polar surface area (TPSA) is 52.6 Å². The molecule has 0 fully saturated rings. The molecule has 34 heavy (non-hydrogen) atoms. The van der Waals surface area contributed by atoms with Gasteiger partial charge in [-0.25, -0.2) is 0 Å². The Bertz CT molecular complexity index is 622. The van der Waals surface area contributed by atoms with Crippen molar-refractivity contribution in [3.05, 3.63) is 35.9 Å². The Kier molecular flexibility index (Phi) is 17.3. The molecule has 1 rings (SSSR count). The van der Waals surface area contributed by atoms with E-state index in [1.165, 1.54) is 50.5 Å². The van der Waals surface area contributed by atoms with Crippen molar-refractivity contribution in [3.8, 4) is 0 Å². The van der Waals surface area contributed by atoms with Crippen LogP contribution in [0.2, 0.25) is 0 Å². The van der Waals surface area contributed by atoms with Crippen molar-refractivity contribution in [2.24, 2.45) is 5.41 Å². The molecule has 0 amide bonds. The molecular formula is C30H50O4. The van der Waals surface area contributed by atoms with Gasteiger partial charge in [0, 0.05) is 0 Å². The van der Waals surface area contributed by atoms with Crippen LogP contribution in [0.1, 0.15) is 123 Å². The highest BCUT2D eigenvalue weighted by molar-refractivity contribution is 6.00. The number of esters is 2. The first kappa shape index (κ1) is 30.2. The van der Waals surface area contributed by atoms with Gasteiger partial charge in [0.25, 0.3) is 0 Å². The molecule has 0 aromatic heterocycles. The molecule has 4 nitrogen and oxygen atoms in total. The molecule has 0 aliphatic heterocycles. The average Bonchev–Trinajstić information content (AvgIpc) is 2.84. The lowest BCUT2D eigenvalue weighted by Crippen LogP contribution is -2.42. The maximum Gasteiger partial charge on any atom is 0.323 e. The summed E-state index contributed by atoms with van der Waals surface area (Å²) in [5.74, 6) is -0.792. The monoisotopic (exact) mass is 474 g/mol. The minimum absolute atomic E-state index is 0.284. The van der Waals surface area contributed by atoms with Crippen LogP contribution in [-0.2, 0) is 25.5 Å². The minimum Gasteiger partial charge on any atom is -0.465 e. The van der Waals surface area contributed by atoms with Gasteiger partial charge in [-0.2, -0.15) is 0 Å². The summed E-state index contributed by atoms with van der Waals surface area (Å²) in [6, 6.07) is 10.5. The Morgan fingerprint density at radius 2 is 1.06 bits per heavy atom. The van der Waals surface area contributed by atoms with Crippen LogP contribution in [-0.4, -0.2) is 25.2 Å². The van der Waals surface area contributed by atoms with Crippen LogP contribution in [0.4, 0.5) is 0 Å². The zero-order valence-corrected chi connectivity index (χ0v) is 22.2. The summed E-state index contributed by atoms with van der Waals surface area (Å²) >= 11 is 0. The van der Waals surface area contributed by atoms with E-state index in [1.807, 2.05) is 6.07 Å². The maximum atomic E-state index is 13.0. The van der Waals surface area contributed by atoms with E-state index in [1.54, 1.807) is 13.8 Å². The van der Waals surface area contributed by atoms with E-state index in [-0.39, 0.29) is 13.2 Å². The lowest BCUT2D eigenvalue weighted by Gasteiger charge is -2.29. The standard InChI is InChI=1S/C30H50O4/c1-4-7-8-9-10-11-12-13-14-20-25-30(28(31)33-5-2,29(32)34-6-3)26-21-16-19-24-27-22-17-15-18-23-27/h15,17-18,22-23H,4-14,16,19-21,24-26H2,1-3H3. The highest BCUT2D eigenvalue weighted by Gasteiger charge is 2.47. The summed E-state index contributed by atoms with van der Waals surface area (Å²) in [4.78, 5) is 26.1. The molecule has 0 bridgehead atoms. The van der Waals surface area contributed by atoms with E-state index in [4.69, 9.17) is 9.47 Å². The Morgan fingerprint density at radius 1 is 0.618 bits per heavy atom. The largest absolute Gasteiger partial charge is 0.465 e. The van der Waals surface area contributed by atoms with Gasteiger partial charge >= 0.3 is 11.9 Å². The fraction of sp³-hybridized carbons (Fsp3) is 0.733. The van der Waals surface area contributed by atoms with Crippen LogP contribution in [0.3, 0.4) is 0 Å². The number of rotatable bonds is 21. The van der Waals surface area contributed by atoms with Crippen molar-refractivity contribution >= 4 is 11.9 Å². The van der Waals surface area contributed by atoms with Gasteiger partial charge < -0.3 is 9.47 Å². The van der Waals surface area contributed by atoms with Crippen molar-refractivity contribution in [3.63, 3.8) is 0 Å². The normalized spacial score (nSPS) is 11.4. The molecular weight excluding hydrogens is 424 g/mol. The number of unbranched alkanes of at least 4 members (excludes halogenated alkanes) is 11. The van der Waals surface area contributed by atoms with E-state index in [2.05, 4.69) is 31.2 Å². The van der Waals surface area contributed by atoms with E-state index < -0.39 is 17.4 Å². The fourth-order valence-corrected chi connectivity index (χ4v) is 4.65. The molecule has 0 aliphatic carbocycles. The summed E-state index contributed by atoms with van der Waals surface area (Å²) in [6.07, 6.45) is 17.1. The lowest BCUT2D eigenvalue weighted by molar-refractivity contribution is -0.173. The molecule has 0 saturated heterocycles. The van der Waals surface area contributed by atoms with Gasteiger partial charge in [0.2, 0.25) is 0 Å². The third kappa shape index (κ3) is 12.0. The first-order valence-corrected chi connectivity index (χ1v) is 14.0. The summed E-state index contributed by atoms with van der Waals surface area (Å²) in [5.41, 5.74) is 0.175. The number of benzene rings is 1. The number of hydrogen-bond acceptors (Lipinski definition) is 4. The fourth-order valence-electron chi connectivity index (χ4n) is 4.65. The number of carbonyl (C=O) groups is 2. The van der Waals surface area contributed by atoms with E-state index in [0.717, 1.165) is 44.9 Å². The van der Waals surface area contributed by atoms with Crippen LogP contribution >= 0.6 is 0 Å². The molecule has 0 radical (unpaired) electrons. The first-order valence-electron chi connectivity index (χ1n) is 14.0. The molecule has 0 atom stereocenters. The molecule has 0 heterocycles. The highest BCUT2D eigenvalue weighted by Crippen LogP contribution is 2.35. The number of carbonyl (C=O) groups excluding carboxylic acids is 2. The minimum atomic E-state index is -1.15. The Labute approximate surface area is 209 Å². The van der Waals surface area contributed by atoms with Gasteiger partial charge in [-0.05, 0) is 45.1 Å². The van der Waals surface area contributed by atoms with Gasteiger partial charge in [-0.15, -0.1) is 0 Å². The van der Waals surface area contributed by atoms with Crippen LogP contribution in [0.5, 0.6) is 0 Å². The average molecular weight is 475 g/mol. The van der Waals surface area contributed by atoms with Crippen LogP contribution in [0.15, 0.2) is 30.3 Å². The van der Waals surface area contributed by atoms with Gasteiger partial charge in [0.15, 0.2) is 5.41 Å². The summed E-state index contributed by atoms with van der Waals surface area (Å²) < 4.78 is 10.8.